The summed E-state index contributed by atoms with van der Waals surface area (Å²) in [6, 6.07) is 7.60. The van der Waals surface area contributed by atoms with E-state index >= 15 is 0 Å². The Labute approximate surface area is 145 Å². The van der Waals surface area contributed by atoms with Crippen LogP contribution in [0.2, 0.25) is 0 Å². The average molecular weight is 396 g/mol. The predicted molar refractivity (Wildman–Crippen MR) is 80.8 cm³/mol. The summed E-state index contributed by atoms with van der Waals surface area (Å²) in [6.07, 6.45) is -9.31. The maximum atomic E-state index is 12.6. The summed E-state index contributed by atoms with van der Waals surface area (Å²) >= 11 is 0. The fourth-order valence-corrected chi connectivity index (χ4v) is 2.01. The molecule has 0 aliphatic carbocycles. The number of rotatable bonds is 4. The molecule has 0 aliphatic rings. The Hall–Kier alpha value is -3.12. The largest absolute Gasteiger partial charge is 0.406 e. The van der Waals surface area contributed by atoms with Gasteiger partial charge in [-0.3, -0.25) is 0 Å². The first kappa shape index (κ1) is 20.2. The molecular formula is C14H10F6N4O3. The molecular weight excluding hydrogens is 386 g/mol. The minimum absolute atomic E-state index is 0.230. The molecule has 1 aromatic carbocycles. The molecule has 1 heterocycles. The molecule has 0 radical (unpaired) electrons. The Balaban J connectivity index is 2.71. The first-order chi connectivity index (χ1) is 12.4. The molecule has 146 valence electrons. The highest BCUT2D eigenvalue weighted by molar-refractivity contribution is 5.79. The zero-order chi connectivity index (χ0) is 20.4. The Morgan fingerprint density at radius 1 is 0.778 bits per heavy atom. The van der Waals surface area contributed by atoms with Gasteiger partial charge in [-0.15, -0.1) is 4.68 Å². The molecule has 0 spiro atoms. The van der Waals surface area contributed by atoms with E-state index in [9.17, 15) is 40.7 Å². The first-order valence-electron chi connectivity index (χ1n) is 7.09. The molecule has 2 rings (SSSR count). The molecule has 0 aliphatic heterocycles. The van der Waals surface area contributed by atoms with Crippen molar-refractivity contribution in [1.29, 1.82) is 0 Å². The van der Waals surface area contributed by atoms with Gasteiger partial charge < -0.3 is 0 Å². The van der Waals surface area contributed by atoms with E-state index in [0.717, 1.165) is 6.21 Å². The lowest BCUT2D eigenvalue weighted by Gasteiger charge is -2.14. The van der Waals surface area contributed by atoms with Crippen LogP contribution in [-0.2, 0) is 13.1 Å². The van der Waals surface area contributed by atoms with Crippen LogP contribution < -0.4 is 17.1 Å². The monoisotopic (exact) mass is 396 g/mol. The van der Waals surface area contributed by atoms with Gasteiger partial charge in [-0.05, 0) is 5.56 Å². The molecule has 27 heavy (non-hydrogen) atoms. The molecule has 0 N–H and O–H groups in total. The Morgan fingerprint density at radius 3 is 1.63 bits per heavy atom. The van der Waals surface area contributed by atoms with Crippen LogP contribution in [0.4, 0.5) is 26.3 Å². The lowest BCUT2D eigenvalue weighted by molar-refractivity contribution is -0.146. The van der Waals surface area contributed by atoms with E-state index in [1.807, 2.05) is 0 Å². The highest BCUT2D eigenvalue weighted by atomic mass is 19.4. The third-order valence-corrected chi connectivity index (χ3v) is 3.08. The number of aromatic nitrogens is 3. The Bertz CT molecular complexity index is 961. The minimum atomic E-state index is -5.09. The van der Waals surface area contributed by atoms with Crippen molar-refractivity contribution in [3.05, 3.63) is 67.3 Å². The highest BCUT2D eigenvalue weighted by Crippen LogP contribution is 2.16. The lowest BCUT2D eigenvalue weighted by atomic mass is 10.2. The van der Waals surface area contributed by atoms with E-state index in [4.69, 9.17) is 0 Å². The van der Waals surface area contributed by atoms with Gasteiger partial charge in [0.15, 0.2) is 0 Å². The van der Waals surface area contributed by atoms with Gasteiger partial charge in [0, 0.05) is 0 Å². The molecule has 0 amide bonds. The maximum absolute atomic E-state index is 12.6. The van der Waals surface area contributed by atoms with Crippen LogP contribution in [0.25, 0.3) is 0 Å². The van der Waals surface area contributed by atoms with E-state index in [1.165, 1.54) is 24.3 Å². The summed E-state index contributed by atoms with van der Waals surface area (Å²) in [5, 5.41) is 3.35. The van der Waals surface area contributed by atoms with E-state index in [0.29, 0.717) is 5.56 Å². The number of hydrogen-bond acceptors (Lipinski definition) is 4. The van der Waals surface area contributed by atoms with Gasteiger partial charge in [0.05, 0.1) is 6.21 Å². The van der Waals surface area contributed by atoms with Crippen LogP contribution in [0, 0.1) is 0 Å². The minimum Gasteiger partial charge on any atom is -0.247 e. The number of nitrogens with zero attached hydrogens (tertiary/aromatic N) is 4. The van der Waals surface area contributed by atoms with Gasteiger partial charge in [0.2, 0.25) is 0 Å². The fraction of sp³-hybridized carbons (Fsp3) is 0.286. The van der Waals surface area contributed by atoms with Gasteiger partial charge >= 0.3 is 29.4 Å². The first-order valence-corrected chi connectivity index (χ1v) is 7.09. The van der Waals surface area contributed by atoms with Crippen molar-refractivity contribution >= 4 is 6.21 Å². The topological polar surface area (TPSA) is 78.4 Å². The molecule has 0 unspecified atom stereocenters. The van der Waals surface area contributed by atoms with Crippen molar-refractivity contribution in [2.45, 2.75) is 25.4 Å². The summed E-state index contributed by atoms with van der Waals surface area (Å²) in [5.41, 5.74) is -5.36. The smallest absolute Gasteiger partial charge is 0.247 e. The summed E-state index contributed by atoms with van der Waals surface area (Å²) in [6.45, 7) is -4.35. The van der Waals surface area contributed by atoms with Crippen molar-refractivity contribution in [1.82, 2.24) is 13.8 Å². The SMILES string of the molecule is O=c1n(CC(F)(F)F)c(=O)n(/N=C/c2ccccc2)c(=O)n1CC(F)(F)F. The van der Waals surface area contributed by atoms with Crippen molar-refractivity contribution in [2.75, 3.05) is 0 Å². The van der Waals surface area contributed by atoms with Crippen LogP contribution in [0.15, 0.2) is 49.8 Å². The molecule has 13 heteroatoms. The van der Waals surface area contributed by atoms with Gasteiger partial charge in [-0.2, -0.15) is 31.4 Å². The van der Waals surface area contributed by atoms with Crippen molar-refractivity contribution in [3.8, 4) is 0 Å². The highest BCUT2D eigenvalue weighted by Gasteiger charge is 2.34. The van der Waals surface area contributed by atoms with Crippen molar-refractivity contribution < 1.29 is 26.3 Å². The fourth-order valence-electron chi connectivity index (χ4n) is 2.01. The molecule has 0 fully saturated rings. The number of hydrogen-bond donors (Lipinski definition) is 0. The summed E-state index contributed by atoms with van der Waals surface area (Å²) in [4.78, 5) is 35.9. The van der Waals surface area contributed by atoms with Crippen molar-refractivity contribution in [2.24, 2.45) is 5.10 Å². The summed E-state index contributed by atoms with van der Waals surface area (Å²) < 4.78 is 74.3. The molecule has 1 aromatic heterocycles. The van der Waals surface area contributed by atoms with E-state index in [-0.39, 0.29) is 4.68 Å². The third-order valence-electron chi connectivity index (χ3n) is 3.08. The zero-order valence-corrected chi connectivity index (χ0v) is 13.2. The average Bonchev–Trinajstić information content (AvgIpc) is 2.55. The van der Waals surface area contributed by atoms with Crippen molar-refractivity contribution in [3.63, 3.8) is 0 Å². The van der Waals surface area contributed by atoms with Gasteiger partial charge in [-0.25, -0.2) is 23.5 Å². The number of alkyl halides is 6. The normalized spacial score (nSPS) is 12.7. The van der Waals surface area contributed by atoms with E-state index in [1.54, 1.807) is 6.07 Å². The lowest BCUT2D eigenvalue weighted by Crippen LogP contribution is -2.56. The molecule has 7 nitrogen and oxygen atoms in total. The molecule has 2 aromatic rings. The van der Waals surface area contributed by atoms with Gasteiger partial charge in [0.25, 0.3) is 0 Å². The van der Waals surface area contributed by atoms with Crippen LogP contribution in [-0.4, -0.2) is 32.4 Å². The molecule has 0 saturated heterocycles. The van der Waals surface area contributed by atoms with Crippen LogP contribution in [0.5, 0.6) is 0 Å². The molecule has 0 bridgehead atoms. The quantitative estimate of drug-likeness (QED) is 0.575. The zero-order valence-electron chi connectivity index (χ0n) is 13.2. The second-order valence-electron chi connectivity index (χ2n) is 5.22. The number of halogens is 6. The standard InChI is InChI=1S/C14H10F6N4O3/c15-13(16,17)7-22-10(25)23(8-14(18,19)20)12(27)24(11(22)26)21-6-9-4-2-1-3-5-9/h1-6H,7-8H2/b21-6+. The van der Waals surface area contributed by atoms with Crippen LogP contribution in [0.3, 0.4) is 0 Å². The summed E-state index contributed by atoms with van der Waals surface area (Å²) in [5.74, 6) is 0. The second-order valence-corrected chi connectivity index (χ2v) is 5.22. The molecule has 0 saturated carbocycles. The molecule has 0 atom stereocenters. The van der Waals surface area contributed by atoms with E-state index in [2.05, 4.69) is 5.10 Å². The van der Waals surface area contributed by atoms with Crippen LogP contribution >= 0.6 is 0 Å². The third kappa shape index (κ3) is 5.18. The van der Waals surface area contributed by atoms with E-state index < -0.39 is 51.6 Å². The Kier molecular flexibility index (Phi) is 5.42. The maximum Gasteiger partial charge on any atom is 0.406 e. The second kappa shape index (κ2) is 7.25. The van der Waals surface area contributed by atoms with Gasteiger partial charge in [-0.1, -0.05) is 30.3 Å². The number of benzene rings is 1. The summed E-state index contributed by atoms with van der Waals surface area (Å²) in [7, 11) is 0. The predicted octanol–water partition coefficient (Wildman–Crippen LogP) is 1.18. The van der Waals surface area contributed by atoms with Crippen LogP contribution in [0.1, 0.15) is 5.56 Å². The Morgan fingerprint density at radius 2 is 1.22 bits per heavy atom. The van der Waals surface area contributed by atoms with Gasteiger partial charge in [0.1, 0.15) is 13.1 Å².